The Bertz CT molecular complexity index is 597. The molecule has 2 rings (SSSR count). The van der Waals surface area contributed by atoms with Gasteiger partial charge in [-0.2, -0.15) is 0 Å². The third-order valence-electron chi connectivity index (χ3n) is 4.65. The second-order valence-electron chi connectivity index (χ2n) is 6.55. The molecule has 4 nitrogen and oxygen atoms in total. The Morgan fingerprint density at radius 2 is 1.96 bits per heavy atom. The van der Waals surface area contributed by atoms with Gasteiger partial charge in [0.25, 0.3) is 0 Å². The summed E-state index contributed by atoms with van der Waals surface area (Å²) < 4.78 is 26.6. The zero-order valence-corrected chi connectivity index (χ0v) is 16.5. The molecule has 0 atom stereocenters. The predicted octanol–water partition coefficient (Wildman–Crippen LogP) is 3.34. The minimum Gasteiger partial charge on any atom is -0.299 e. The van der Waals surface area contributed by atoms with Crippen molar-refractivity contribution in [2.45, 2.75) is 44.0 Å². The summed E-state index contributed by atoms with van der Waals surface area (Å²) in [5.74, 6) is 0.724. The molecule has 0 unspecified atom stereocenters. The highest BCUT2D eigenvalue weighted by molar-refractivity contribution is 7.98. The summed E-state index contributed by atoms with van der Waals surface area (Å²) >= 11 is 1.80. The van der Waals surface area contributed by atoms with Crippen molar-refractivity contribution in [1.82, 2.24) is 9.62 Å². The van der Waals surface area contributed by atoms with Crippen molar-refractivity contribution in [3.63, 3.8) is 0 Å². The van der Waals surface area contributed by atoms with Crippen LogP contribution in [0.2, 0.25) is 0 Å². The first-order chi connectivity index (χ1) is 11.5. The van der Waals surface area contributed by atoms with Crippen LogP contribution < -0.4 is 4.72 Å². The third kappa shape index (κ3) is 6.39. The van der Waals surface area contributed by atoms with E-state index in [2.05, 4.69) is 40.1 Å². The van der Waals surface area contributed by atoms with Crippen LogP contribution in [0.3, 0.4) is 0 Å². The molecule has 136 valence electrons. The van der Waals surface area contributed by atoms with Crippen LogP contribution in [0.25, 0.3) is 0 Å². The maximum absolute atomic E-state index is 11.9. The molecule has 1 fully saturated rings. The minimum atomic E-state index is -3.08. The van der Waals surface area contributed by atoms with Crippen molar-refractivity contribution < 1.29 is 8.42 Å². The average molecular weight is 371 g/mol. The quantitative estimate of drug-likeness (QED) is 0.677. The Balaban J connectivity index is 1.75. The molecule has 1 aliphatic rings. The topological polar surface area (TPSA) is 49.4 Å². The largest absolute Gasteiger partial charge is 0.299 e. The Morgan fingerprint density at radius 1 is 1.25 bits per heavy atom. The molecule has 1 N–H and O–H groups in total. The van der Waals surface area contributed by atoms with Crippen molar-refractivity contribution in [2.75, 3.05) is 31.6 Å². The average Bonchev–Trinajstić information content (AvgIpc) is 2.60. The second kappa shape index (κ2) is 9.80. The molecular weight excluding hydrogens is 340 g/mol. The Kier molecular flexibility index (Phi) is 8.07. The lowest BCUT2D eigenvalue weighted by Gasteiger charge is -2.32. The Labute approximate surface area is 151 Å². The third-order valence-corrected chi connectivity index (χ3v) is 6.92. The first-order valence-electron chi connectivity index (χ1n) is 8.85. The van der Waals surface area contributed by atoms with E-state index in [1.807, 2.05) is 6.92 Å². The van der Waals surface area contributed by atoms with Crippen LogP contribution >= 0.6 is 11.8 Å². The smallest absolute Gasteiger partial charge is 0.211 e. The molecule has 1 aliphatic heterocycles. The zero-order chi connectivity index (χ0) is 17.4. The lowest BCUT2D eigenvalue weighted by atomic mass is 9.97. The van der Waals surface area contributed by atoms with E-state index in [0.717, 1.165) is 45.3 Å². The summed E-state index contributed by atoms with van der Waals surface area (Å²) in [7, 11) is -3.08. The summed E-state index contributed by atoms with van der Waals surface area (Å²) in [5.41, 5.74) is 1.39. The maximum atomic E-state index is 11.9. The minimum absolute atomic E-state index is 0.258. The number of likely N-dealkylation sites (tertiary alicyclic amines) is 1. The molecule has 1 aromatic carbocycles. The standard InChI is InChI=1S/C18H30N2O2S2/c1-3-4-13-24(21,22)19-14-16-9-11-20(12-10-16)15-17-7-5-6-8-18(17)23-2/h5-8,16,19H,3-4,9-15H2,1-2H3. The van der Waals surface area contributed by atoms with Gasteiger partial charge in [0.05, 0.1) is 5.75 Å². The molecule has 1 aromatic rings. The Morgan fingerprint density at radius 3 is 2.62 bits per heavy atom. The van der Waals surface area contributed by atoms with Crippen molar-refractivity contribution in [1.29, 1.82) is 0 Å². The van der Waals surface area contributed by atoms with E-state index in [-0.39, 0.29) is 5.75 Å². The van der Waals surface area contributed by atoms with Gasteiger partial charge in [0.2, 0.25) is 10.0 Å². The van der Waals surface area contributed by atoms with Gasteiger partial charge in [-0.25, -0.2) is 13.1 Å². The van der Waals surface area contributed by atoms with Crippen molar-refractivity contribution in [3.05, 3.63) is 29.8 Å². The van der Waals surface area contributed by atoms with E-state index in [1.165, 1.54) is 10.5 Å². The molecule has 0 spiro atoms. The number of nitrogens with zero attached hydrogens (tertiary/aromatic N) is 1. The number of sulfonamides is 1. The van der Waals surface area contributed by atoms with Gasteiger partial charge in [-0.3, -0.25) is 4.90 Å². The fourth-order valence-corrected chi connectivity index (χ4v) is 4.99. The van der Waals surface area contributed by atoms with Gasteiger partial charge in [0.1, 0.15) is 0 Å². The van der Waals surface area contributed by atoms with Gasteiger partial charge in [0, 0.05) is 18.0 Å². The molecule has 0 radical (unpaired) electrons. The number of hydrogen-bond acceptors (Lipinski definition) is 4. The highest BCUT2D eigenvalue weighted by atomic mass is 32.2. The highest BCUT2D eigenvalue weighted by Crippen LogP contribution is 2.24. The van der Waals surface area contributed by atoms with Crippen molar-refractivity contribution >= 4 is 21.8 Å². The van der Waals surface area contributed by atoms with Gasteiger partial charge >= 0.3 is 0 Å². The molecule has 24 heavy (non-hydrogen) atoms. The lowest BCUT2D eigenvalue weighted by molar-refractivity contribution is 0.177. The van der Waals surface area contributed by atoms with Gasteiger partial charge in [-0.1, -0.05) is 31.5 Å². The van der Waals surface area contributed by atoms with E-state index in [0.29, 0.717) is 12.5 Å². The van der Waals surface area contributed by atoms with Crippen molar-refractivity contribution in [3.8, 4) is 0 Å². The summed E-state index contributed by atoms with van der Waals surface area (Å²) in [5, 5.41) is 0. The summed E-state index contributed by atoms with van der Waals surface area (Å²) in [4.78, 5) is 3.83. The molecule has 6 heteroatoms. The second-order valence-corrected chi connectivity index (χ2v) is 9.33. The number of unbranched alkanes of at least 4 members (excludes halogenated alkanes) is 1. The van der Waals surface area contributed by atoms with E-state index < -0.39 is 10.0 Å². The molecule has 0 aliphatic carbocycles. The highest BCUT2D eigenvalue weighted by Gasteiger charge is 2.21. The van der Waals surface area contributed by atoms with Crippen LogP contribution in [0.1, 0.15) is 38.2 Å². The van der Waals surface area contributed by atoms with Crippen molar-refractivity contribution in [2.24, 2.45) is 5.92 Å². The first kappa shape index (κ1) is 19.8. The van der Waals surface area contributed by atoms with Gasteiger partial charge in [0.15, 0.2) is 0 Å². The van der Waals surface area contributed by atoms with Crippen LogP contribution in [0.4, 0.5) is 0 Å². The van der Waals surface area contributed by atoms with E-state index in [4.69, 9.17) is 0 Å². The van der Waals surface area contributed by atoms with E-state index in [1.54, 1.807) is 11.8 Å². The van der Waals surface area contributed by atoms with Gasteiger partial charge < -0.3 is 0 Å². The SMILES string of the molecule is CCCCS(=O)(=O)NCC1CCN(Cc2ccccc2SC)CC1. The van der Waals surface area contributed by atoms with Crippen LogP contribution in [0.15, 0.2) is 29.2 Å². The summed E-state index contributed by atoms with van der Waals surface area (Å²) in [6.45, 7) is 5.70. The molecule has 0 saturated carbocycles. The first-order valence-corrected chi connectivity index (χ1v) is 11.7. The van der Waals surface area contributed by atoms with Crippen LogP contribution in [0.5, 0.6) is 0 Å². The van der Waals surface area contributed by atoms with Crippen LogP contribution in [0, 0.1) is 5.92 Å². The monoisotopic (exact) mass is 370 g/mol. The molecule has 0 amide bonds. The molecule has 0 bridgehead atoms. The fourth-order valence-electron chi connectivity index (χ4n) is 3.07. The van der Waals surface area contributed by atoms with E-state index >= 15 is 0 Å². The number of piperidine rings is 1. The number of thioether (sulfide) groups is 1. The van der Waals surface area contributed by atoms with Gasteiger partial charge in [-0.15, -0.1) is 11.8 Å². The van der Waals surface area contributed by atoms with E-state index in [9.17, 15) is 8.42 Å². The number of rotatable bonds is 9. The molecular formula is C18H30N2O2S2. The normalized spacial score (nSPS) is 17.2. The summed E-state index contributed by atoms with van der Waals surface area (Å²) in [6.07, 6.45) is 5.91. The number of hydrogen-bond donors (Lipinski definition) is 1. The predicted molar refractivity (Wildman–Crippen MR) is 103 cm³/mol. The Hall–Kier alpha value is -0.560. The molecule has 0 aromatic heterocycles. The number of benzene rings is 1. The lowest BCUT2D eigenvalue weighted by Crippen LogP contribution is -2.38. The maximum Gasteiger partial charge on any atom is 0.211 e. The van der Waals surface area contributed by atoms with Crippen LogP contribution in [-0.4, -0.2) is 45.0 Å². The van der Waals surface area contributed by atoms with Crippen LogP contribution in [-0.2, 0) is 16.6 Å². The molecule has 1 saturated heterocycles. The van der Waals surface area contributed by atoms with Gasteiger partial charge in [-0.05, 0) is 56.2 Å². The summed E-state index contributed by atoms with van der Waals surface area (Å²) in [6, 6.07) is 8.58. The number of nitrogens with one attached hydrogen (secondary N) is 1. The fraction of sp³-hybridized carbons (Fsp3) is 0.667. The zero-order valence-electron chi connectivity index (χ0n) is 14.8. The molecule has 1 heterocycles.